The Morgan fingerprint density at radius 1 is 0.852 bits per heavy atom. The van der Waals surface area contributed by atoms with Gasteiger partial charge in [-0.2, -0.15) is 0 Å². The van der Waals surface area contributed by atoms with Gasteiger partial charge in [-0.3, -0.25) is 14.4 Å². The van der Waals surface area contributed by atoms with Crippen molar-refractivity contribution in [3.63, 3.8) is 0 Å². The number of piperazine rings is 1. The number of aliphatic carboxylic acids is 1. The number of carboxylic acids is 1. The third kappa shape index (κ3) is 4.09. The summed E-state index contributed by atoms with van der Waals surface area (Å²) in [6.07, 6.45) is 2.10. The highest BCUT2D eigenvalue weighted by molar-refractivity contribution is 5.95. The predicted molar refractivity (Wildman–Crippen MR) is 91.9 cm³/mol. The zero-order valence-corrected chi connectivity index (χ0v) is 14.9. The summed E-state index contributed by atoms with van der Waals surface area (Å²) in [5.74, 6) is -3.90. The quantitative estimate of drug-likeness (QED) is 0.872. The molecule has 0 atom stereocenters. The van der Waals surface area contributed by atoms with Gasteiger partial charge in [0.15, 0.2) is 0 Å². The minimum Gasteiger partial charge on any atom is -0.481 e. The maximum atomic E-state index is 13.8. The lowest BCUT2D eigenvalue weighted by Crippen LogP contribution is -2.52. The number of nitrogens with zero attached hydrogens (tertiary/aromatic N) is 2. The average molecular weight is 380 g/mol. The lowest BCUT2D eigenvalue weighted by Gasteiger charge is -2.37. The summed E-state index contributed by atoms with van der Waals surface area (Å²) < 4.78 is 27.6. The number of benzene rings is 1. The zero-order valence-electron chi connectivity index (χ0n) is 14.9. The van der Waals surface area contributed by atoms with Crippen LogP contribution in [0, 0.1) is 23.5 Å². The number of halogens is 2. The van der Waals surface area contributed by atoms with Crippen LogP contribution in [0.4, 0.5) is 8.78 Å². The lowest BCUT2D eigenvalue weighted by atomic mass is 9.81. The molecule has 2 amide bonds. The summed E-state index contributed by atoms with van der Waals surface area (Å²) in [4.78, 5) is 39.1. The van der Waals surface area contributed by atoms with E-state index in [0.717, 1.165) is 12.1 Å². The number of hydrogen-bond acceptors (Lipinski definition) is 3. The molecule has 1 aliphatic carbocycles. The molecule has 146 valence electrons. The Labute approximate surface area is 155 Å². The number of hydrogen-bond donors (Lipinski definition) is 1. The highest BCUT2D eigenvalue weighted by atomic mass is 19.1. The van der Waals surface area contributed by atoms with Gasteiger partial charge in [0.05, 0.1) is 5.92 Å². The fourth-order valence-electron chi connectivity index (χ4n) is 3.84. The molecule has 1 saturated carbocycles. The fraction of sp³-hybridized carbons (Fsp3) is 0.526. The molecule has 2 fully saturated rings. The van der Waals surface area contributed by atoms with Crippen LogP contribution < -0.4 is 0 Å². The molecule has 6 nitrogen and oxygen atoms in total. The average Bonchev–Trinajstić information content (AvgIpc) is 2.67. The number of rotatable bonds is 3. The Morgan fingerprint density at radius 2 is 1.33 bits per heavy atom. The van der Waals surface area contributed by atoms with E-state index in [2.05, 4.69) is 0 Å². The van der Waals surface area contributed by atoms with Gasteiger partial charge in [0.25, 0.3) is 5.91 Å². The third-order valence-corrected chi connectivity index (χ3v) is 5.48. The van der Waals surface area contributed by atoms with Crippen LogP contribution in [-0.4, -0.2) is 58.9 Å². The van der Waals surface area contributed by atoms with Crippen molar-refractivity contribution in [1.82, 2.24) is 9.80 Å². The van der Waals surface area contributed by atoms with Crippen LogP contribution >= 0.6 is 0 Å². The second-order valence-corrected chi connectivity index (χ2v) is 7.10. The van der Waals surface area contributed by atoms with Crippen LogP contribution in [0.25, 0.3) is 0 Å². The standard InChI is InChI=1S/C19H22F2N2O4/c20-14-2-1-3-15(21)16(14)18(25)23-10-8-22(9-11-23)17(24)12-4-6-13(7-5-12)19(26)27/h1-3,12-13H,4-11H2,(H,26,27). The molecule has 1 heterocycles. The topological polar surface area (TPSA) is 77.9 Å². The SMILES string of the molecule is O=C(O)C1CCC(C(=O)N2CCN(C(=O)c3c(F)cccc3F)CC2)CC1. The Hall–Kier alpha value is -2.51. The smallest absolute Gasteiger partial charge is 0.306 e. The van der Waals surface area contributed by atoms with E-state index in [0.29, 0.717) is 38.8 Å². The monoisotopic (exact) mass is 380 g/mol. The molecule has 1 N–H and O–H groups in total. The molecule has 0 unspecified atom stereocenters. The highest BCUT2D eigenvalue weighted by Gasteiger charge is 2.34. The first-order valence-electron chi connectivity index (χ1n) is 9.13. The minimum atomic E-state index is -0.895. The van der Waals surface area contributed by atoms with Gasteiger partial charge >= 0.3 is 5.97 Å². The van der Waals surface area contributed by atoms with Crippen LogP contribution in [0.15, 0.2) is 18.2 Å². The lowest BCUT2D eigenvalue weighted by molar-refractivity contribution is -0.146. The van der Waals surface area contributed by atoms with Crippen LogP contribution in [-0.2, 0) is 9.59 Å². The number of carboxylic acid groups (broad SMARTS) is 1. The molecule has 1 aromatic rings. The van der Waals surface area contributed by atoms with Crippen molar-refractivity contribution >= 4 is 17.8 Å². The van der Waals surface area contributed by atoms with Crippen LogP contribution in [0.3, 0.4) is 0 Å². The second-order valence-electron chi connectivity index (χ2n) is 7.10. The van der Waals surface area contributed by atoms with Crippen molar-refractivity contribution in [2.24, 2.45) is 11.8 Å². The molecule has 2 aliphatic rings. The first-order valence-corrected chi connectivity index (χ1v) is 9.13. The number of amides is 2. The molecular formula is C19H22F2N2O4. The summed E-state index contributed by atoms with van der Waals surface area (Å²) >= 11 is 0. The molecule has 0 aromatic heterocycles. The Bertz CT molecular complexity index is 719. The molecule has 3 rings (SSSR count). The second kappa shape index (κ2) is 8.02. The molecule has 1 saturated heterocycles. The van der Waals surface area contributed by atoms with Gasteiger partial charge in [-0.05, 0) is 37.8 Å². The van der Waals surface area contributed by atoms with E-state index < -0.39 is 29.1 Å². The Balaban J connectivity index is 1.55. The Kier molecular flexibility index (Phi) is 5.72. The molecule has 27 heavy (non-hydrogen) atoms. The molecule has 0 spiro atoms. The van der Waals surface area contributed by atoms with E-state index in [1.54, 1.807) is 4.90 Å². The van der Waals surface area contributed by atoms with E-state index in [4.69, 9.17) is 5.11 Å². The first-order chi connectivity index (χ1) is 12.9. The van der Waals surface area contributed by atoms with Gasteiger partial charge in [0, 0.05) is 32.1 Å². The highest BCUT2D eigenvalue weighted by Crippen LogP contribution is 2.30. The predicted octanol–water partition coefficient (Wildman–Crippen LogP) is 2.14. The molecule has 0 radical (unpaired) electrons. The summed E-state index contributed by atoms with van der Waals surface area (Å²) in [6.45, 7) is 1.03. The van der Waals surface area contributed by atoms with Gasteiger partial charge in [0.1, 0.15) is 17.2 Å². The van der Waals surface area contributed by atoms with Gasteiger partial charge in [0.2, 0.25) is 5.91 Å². The summed E-state index contributed by atoms with van der Waals surface area (Å²) in [7, 11) is 0. The maximum absolute atomic E-state index is 13.8. The molecular weight excluding hydrogens is 358 g/mol. The molecule has 1 aromatic carbocycles. The van der Waals surface area contributed by atoms with Gasteiger partial charge in [-0.1, -0.05) is 6.07 Å². The van der Waals surface area contributed by atoms with E-state index in [1.807, 2.05) is 0 Å². The summed E-state index contributed by atoms with van der Waals surface area (Å²) in [5, 5.41) is 9.04. The minimum absolute atomic E-state index is 0.0250. The zero-order chi connectivity index (χ0) is 19.6. The van der Waals surface area contributed by atoms with Crippen molar-refractivity contribution in [1.29, 1.82) is 0 Å². The number of carbonyl (C=O) groups excluding carboxylic acids is 2. The van der Waals surface area contributed by atoms with Crippen LogP contribution in [0.2, 0.25) is 0 Å². The summed E-state index contributed by atoms with van der Waals surface area (Å²) in [6, 6.07) is 3.30. The molecule has 0 bridgehead atoms. The third-order valence-electron chi connectivity index (χ3n) is 5.48. The van der Waals surface area contributed by atoms with Crippen molar-refractivity contribution in [2.45, 2.75) is 25.7 Å². The summed E-state index contributed by atoms with van der Waals surface area (Å²) in [5.41, 5.74) is -0.565. The van der Waals surface area contributed by atoms with Gasteiger partial charge in [-0.25, -0.2) is 8.78 Å². The van der Waals surface area contributed by atoms with Gasteiger partial charge in [-0.15, -0.1) is 0 Å². The molecule has 8 heteroatoms. The van der Waals surface area contributed by atoms with E-state index in [1.165, 1.54) is 11.0 Å². The van der Waals surface area contributed by atoms with Gasteiger partial charge < -0.3 is 14.9 Å². The van der Waals surface area contributed by atoms with E-state index >= 15 is 0 Å². The van der Waals surface area contributed by atoms with Crippen LogP contribution in [0.5, 0.6) is 0 Å². The van der Waals surface area contributed by atoms with Crippen LogP contribution in [0.1, 0.15) is 36.0 Å². The van der Waals surface area contributed by atoms with Crippen molar-refractivity contribution in [3.8, 4) is 0 Å². The Morgan fingerprint density at radius 3 is 1.85 bits per heavy atom. The van der Waals surface area contributed by atoms with Crippen molar-refractivity contribution in [3.05, 3.63) is 35.4 Å². The number of carbonyl (C=O) groups is 3. The fourth-order valence-corrected chi connectivity index (χ4v) is 3.84. The van der Waals surface area contributed by atoms with E-state index in [9.17, 15) is 23.2 Å². The largest absolute Gasteiger partial charge is 0.481 e. The van der Waals surface area contributed by atoms with E-state index in [-0.39, 0.29) is 30.8 Å². The van der Waals surface area contributed by atoms with Crippen molar-refractivity contribution < 1.29 is 28.3 Å². The molecule has 1 aliphatic heterocycles. The van der Waals surface area contributed by atoms with Crippen molar-refractivity contribution in [2.75, 3.05) is 26.2 Å². The maximum Gasteiger partial charge on any atom is 0.306 e. The normalized spacial score (nSPS) is 23.2. The first kappa shape index (κ1) is 19.3.